The maximum atomic E-state index is 12.4. The summed E-state index contributed by atoms with van der Waals surface area (Å²) >= 11 is 0. The number of amides is 1. The Hall–Kier alpha value is -2.01. The maximum Gasteiger partial charge on any atom is 0.287 e. The van der Waals surface area contributed by atoms with Crippen LogP contribution in [0, 0.1) is 5.92 Å². The van der Waals surface area contributed by atoms with Crippen molar-refractivity contribution >= 4 is 16.9 Å². The highest BCUT2D eigenvalue weighted by Crippen LogP contribution is 2.28. The van der Waals surface area contributed by atoms with Crippen molar-refractivity contribution in [1.29, 1.82) is 0 Å². The Morgan fingerprint density at radius 3 is 2.79 bits per heavy atom. The minimum Gasteiger partial charge on any atom is -0.493 e. The number of nitrogens with zero attached hydrogens (tertiary/aromatic N) is 1. The molecule has 1 saturated heterocycles. The molecule has 2 aromatic rings. The number of carbonyl (C=O) groups is 1. The Kier molecular flexibility index (Phi) is 5.09. The van der Waals surface area contributed by atoms with E-state index in [0.29, 0.717) is 35.6 Å². The summed E-state index contributed by atoms with van der Waals surface area (Å²) in [5.41, 5.74) is 0.621. The van der Waals surface area contributed by atoms with Crippen molar-refractivity contribution in [3.63, 3.8) is 0 Å². The second-order valence-electron chi connectivity index (χ2n) is 6.77. The molecule has 1 fully saturated rings. The topological polar surface area (TPSA) is 54.7 Å². The first-order valence-electron chi connectivity index (χ1n) is 8.67. The van der Waals surface area contributed by atoms with Gasteiger partial charge in [0.15, 0.2) is 17.1 Å². The number of ether oxygens (including phenoxy) is 1. The van der Waals surface area contributed by atoms with Gasteiger partial charge >= 0.3 is 0 Å². The zero-order valence-corrected chi connectivity index (χ0v) is 14.7. The van der Waals surface area contributed by atoms with Crippen molar-refractivity contribution in [3.05, 3.63) is 30.0 Å². The minimum atomic E-state index is -0.153. The molecule has 2 heterocycles. The Morgan fingerprint density at radius 1 is 1.38 bits per heavy atom. The Balaban J connectivity index is 1.58. The molecule has 0 radical (unpaired) electrons. The molecule has 1 aromatic heterocycles. The van der Waals surface area contributed by atoms with Gasteiger partial charge in [-0.2, -0.15) is 0 Å². The molecule has 1 aliphatic rings. The first kappa shape index (κ1) is 16.8. The smallest absolute Gasteiger partial charge is 0.287 e. The number of para-hydroxylation sites is 1. The van der Waals surface area contributed by atoms with E-state index in [1.165, 1.54) is 0 Å². The fourth-order valence-electron chi connectivity index (χ4n) is 3.31. The summed E-state index contributed by atoms with van der Waals surface area (Å²) in [7, 11) is 1.60. The molecule has 1 amide bonds. The highest BCUT2D eigenvalue weighted by atomic mass is 16.5. The third-order valence-corrected chi connectivity index (χ3v) is 4.88. The average molecular weight is 330 g/mol. The number of methoxy groups -OCH3 is 1. The van der Waals surface area contributed by atoms with Gasteiger partial charge in [-0.05, 0) is 57.8 Å². The van der Waals surface area contributed by atoms with E-state index in [-0.39, 0.29) is 5.91 Å². The van der Waals surface area contributed by atoms with E-state index < -0.39 is 0 Å². The third kappa shape index (κ3) is 3.56. The average Bonchev–Trinajstić information content (AvgIpc) is 3.04. The maximum absolute atomic E-state index is 12.4. The lowest BCUT2D eigenvalue weighted by molar-refractivity contribution is 0.0904. The van der Waals surface area contributed by atoms with Gasteiger partial charge in [-0.1, -0.05) is 12.1 Å². The minimum absolute atomic E-state index is 0.153. The van der Waals surface area contributed by atoms with Crippen LogP contribution in [0.25, 0.3) is 11.0 Å². The molecule has 130 valence electrons. The summed E-state index contributed by atoms with van der Waals surface area (Å²) < 4.78 is 11.0. The molecule has 5 heteroatoms. The molecule has 0 unspecified atom stereocenters. The van der Waals surface area contributed by atoms with Crippen LogP contribution in [0.15, 0.2) is 28.7 Å². The van der Waals surface area contributed by atoms with Crippen LogP contribution in [0.1, 0.15) is 37.2 Å². The van der Waals surface area contributed by atoms with E-state index in [1.54, 1.807) is 13.2 Å². The summed E-state index contributed by atoms with van der Waals surface area (Å²) in [6, 6.07) is 8.01. The van der Waals surface area contributed by atoms with Crippen LogP contribution in [0.3, 0.4) is 0 Å². The van der Waals surface area contributed by atoms with E-state index in [0.717, 1.165) is 31.3 Å². The number of piperidine rings is 1. The van der Waals surface area contributed by atoms with Gasteiger partial charge in [0, 0.05) is 18.0 Å². The zero-order valence-electron chi connectivity index (χ0n) is 14.7. The molecular weight excluding hydrogens is 304 g/mol. The predicted molar refractivity (Wildman–Crippen MR) is 94.5 cm³/mol. The van der Waals surface area contributed by atoms with Crippen LogP contribution in [0.4, 0.5) is 0 Å². The lowest BCUT2D eigenvalue weighted by Crippen LogP contribution is -2.41. The highest BCUT2D eigenvalue weighted by molar-refractivity contribution is 5.97. The van der Waals surface area contributed by atoms with E-state index in [4.69, 9.17) is 9.15 Å². The van der Waals surface area contributed by atoms with Crippen molar-refractivity contribution < 1.29 is 13.9 Å². The second kappa shape index (κ2) is 7.26. The van der Waals surface area contributed by atoms with Crippen LogP contribution < -0.4 is 10.1 Å². The Morgan fingerprint density at radius 2 is 2.12 bits per heavy atom. The summed E-state index contributed by atoms with van der Waals surface area (Å²) in [5.74, 6) is 1.38. The second-order valence-corrected chi connectivity index (χ2v) is 6.77. The molecule has 5 nitrogen and oxygen atoms in total. The summed E-state index contributed by atoms with van der Waals surface area (Å²) in [5, 5.41) is 3.90. The fourth-order valence-corrected chi connectivity index (χ4v) is 3.31. The molecule has 3 rings (SSSR count). The lowest BCUT2D eigenvalue weighted by atomic mass is 9.96. The van der Waals surface area contributed by atoms with E-state index >= 15 is 0 Å². The van der Waals surface area contributed by atoms with Crippen molar-refractivity contribution in [2.45, 2.75) is 32.7 Å². The van der Waals surface area contributed by atoms with Gasteiger partial charge in [0.25, 0.3) is 5.91 Å². The van der Waals surface area contributed by atoms with Crippen LogP contribution in [-0.2, 0) is 0 Å². The zero-order chi connectivity index (χ0) is 17.1. The van der Waals surface area contributed by atoms with Crippen LogP contribution in [0.2, 0.25) is 0 Å². The quantitative estimate of drug-likeness (QED) is 0.914. The molecule has 24 heavy (non-hydrogen) atoms. The van der Waals surface area contributed by atoms with Gasteiger partial charge in [-0.15, -0.1) is 0 Å². The number of hydrogen-bond donors (Lipinski definition) is 1. The Labute approximate surface area is 143 Å². The largest absolute Gasteiger partial charge is 0.493 e. The fraction of sp³-hybridized carbons (Fsp3) is 0.526. The monoisotopic (exact) mass is 330 g/mol. The van der Waals surface area contributed by atoms with Crippen molar-refractivity contribution in [3.8, 4) is 5.75 Å². The van der Waals surface area contributed by atoms with Crippen LogP contribution in [-0.4, -0.2) is 43.6 Å². The molecule has 0 atom stereocenters. The van der Waals surface area contributed by atoms with Gasteiger partial charge in [0.2, 0.25) is 0 Å². The number of hydrogen-bond acceptors (Lipinski definition) is 4. The van der Waals surface area contributed by atoms with Crippen molar-refractivity contribution in [2.24, 2.45) is 5.92 Å². The first-order chi connectivity index (χ1) is 11.6. The van der Waals surface area contributed by atoms with Crippen molar-refractivity contribution in [1.82, 2.24) is 10.2 Å². The molecule has 0 aliphatic carbocycles. The molecule has 1 aliphatic heterocycles. The predicted octanol–water partition coefficient (Wildman–Crippen LogP) is 3.29. The van der Waals surface area contributed by atoms with Crippen LogP contribution in [0.5, 0.6) is 5.75 Å². The summed E-state index contributed by atoms with van der Waals surface area (Å²) in [4.78, 5) is 14.9. The van der Waals surface area contributed by atoms with E-state index in [1.807, 2.05) is 18.2 Å². The number of likely N-dealkylation sites (tertiary alicyclic amines) is 1. The molecular formula is C19H26N2O3. The molecule has 0 saturated carbocycles. The number of fused-ring (bicyclic) bond motifs is 1. The third-order valence-electron chi connectivity index (χ3n) is 4.88. The molecule has 1 aromatic carbocycles. The van der Waals surface area contributed by atoms with Gasteiger partial charge < -0.3 is 19.4 Å². The van der Waals surface area contributed by atoms with Gasteiger partial charge in [-0.25, -0.2) is 0 Å². The summed E-state index contributed by atoms with van der Waals surface area (Å²) in [6.07, 6.45) is 2.26. The number of benzene rings is 1. The molecule has 1 N–H and O–H groups in total. The summed E-state index contributed by atoms with van der Waals surface area (Å²) in [6.45, 7) is 7.40. The number of rotatable bonds is 5. The number of carbonyl (C=O) groups excluding carboxylic acids is 1. The van der Waals surface area contributed by atoms with Gasteiger partial charge in [0.05, 0.1) is 7.11 Å². The van der Waals surface area contributed by atoms with Crippen LogP contribution >= 0.6 is 0 Å². The van der Waals surface area contributed by atoms with Gasteiger partial charge in [-0.3, -0.25) is 4.79 Å². The van der Waals surface area contributed by atoms with E-state index in [2.05, 4.69) is 24.1 Å². The van der Waals surface area contributed by atoms with Crippen molar-refractivity contribution in [2.75, 3.05) is 26.7 Å². The normalized spacial score (nSPS) is 16.7. The standard InChI is InChI=1S/C19H26N2O3/c1-13(2)21-9-7-14(8-10-21)12-20-19(22)17-11-15-5-4-6-16(23-3)18(15)24-17/h4-6,11,13-14H,7-10,12H2,1-3H3,(H,20,22). The van der Waals surface area contributed by atoms with E-state index in [9.17, 15) is 4.79 Å². The number of furan rings is 1. The van der Waals surface area contributed by atoms with Gasteiger partial charge in [0.1, 0.15) is 0 Å². The lowest BCUT2D eigenvalue weighted by Gasteiger charge is -2.34. The Bertz CT molecular complexity index is 700. The molecule has 0 bridgehead atoms. The highest BCUT2D eigenvalue weighted by Gasteiger charge is 2.22. The number of nitrogens with one attached hydrogen (secondary N) is 1. The SMILES string of the molecule is COc1cccc2cc(C(=O)NCC3CCN(C(C)C)CC3)oc12. The first-order valence-corrected chi connectivity index (χ1v) is 8.67. The molecule has 0 spiro atoms.